The van der Waals surface area contributed by atoms with Gasteiger partial charge in [-0.2, -0.15) is 13.2 Å². The summed E-state index contributed by atoms with van der Waals surface area (Å²) in [6.45, 7) is 4.63. The van der Waals surface area contributed by atoms with Gasteiger partial charge in [-0.05, 0) is 30.4 Å². The van der Waals surface area contributed by atoms with E-state index in [0.717, 1.165) is 31.5 Å². The van der Waals surface area contributed by atoms with Crippen LogP contribution < -0.4 is 5.32 Å². The van der Waals surface area contributed by atoms with Gasteiger partial charge in [0, 0.05) is 38.6 Å². The normalized spacial score (nSPS) is 21.5. The van der Waals surface area contributed by atoms with Crippen LogP contribution >= 0.6 is 12.4 Å². The van der Waals surface area contributed by atoms with Crippen LogP contribution in [0.25, 0.3) is 0 Å². The van der Waals surface area contributed by atoms with Gasteiger partial charge < -0.3 is 15.1 Å². The van der Waals surface area contributed by atoms with E-state index < -0.39 is 11.7 Å². The highest BCUT2D eigenvalue weighted by Crippen LogP contribution is 2.32. The quantitative estimate of drug-likeness (QED) is 0.794. The van der Waals surface area contributed by atoms with Crippen LogP contribution in [0.3, 0.4) is 0 Å². The first-order chi connectivity index (χ1) is 13.3. The molecule has 0 aliphatic carbocycles. The molecule has 3 rings (SSSR count). The van der Waals surface area contributed by atoms with E-state index in [1.807, 2.05) is 4.90 Å². The van der Waals surface area contributed by atoms with E-state index in [-0.39, 0.29) is 42.6 Å². The maximum Gasteiger partial charge on any atom is 0.416 e. The van der Waals surface area contributed by atoms with E-state index in [9.17, 15) is 22.8 Å². The molecule has 2 amide bonds. The van der Waals surface area contributed by atoms with Crippen LogP contribution in [-0.2, 0) is 15.8 Å². The summed E-state index contributed by atoms with van der Waals surface area (Å²) in [7, 11) is 0. The Kier molecular flexibility index (Phi) is 7.94. The zero-order chi connectivity index (χ0) is 20.3. The summed E-state index contributed by atoms with van der Waals surface area (Å²) in [5.74, 6) is -0.323. The molecule has 2 fully saturated rings. The summed E-state index contributed by atoms with van der Waals surface area (Å²) in [5.41, 5.74) is -0.187. The topological polar surface area (TPSA) is 52.7 Å². The lowest BCUT2D eigenvalue weighted by Crippen LogP contribution is -2.57. The number of rotatable bonds is 4. The Morgan fingerprint density at radius 2 is 2.07 bits per heavy atom. The zero-order valence-electron chi connectivity index (χ0n) is 16.4. The fourth-order valence-corrected chi connectivity index (χ4v) is 3.97. The number of piperazine rings is 1. The molecule has 0 radical (unpaired) electrons. The Hall–Kier alpha value is -1.80. The molecule has 2 heterocycles. The van der Waals surface area contributed by atoms with Gasteiger partial charge in [0.25, 0.3) is 0 Å². The van der Waals surface area contributed by atoms with Crippen molar-refractivity contribution in [2.45, 2.75) is 44.3 Å². The second-order valence-corrected chi connectivity index (χ2v) is 7.63. The first-order valence-corrected chi connectivity index (χ1v) is 9.71. The number of nitrogens with zero attached hydrogens (tertiary/aromatic N) is 2. The number of piperidine rings is 1. The molecule has 2 saturated heterocycles. The number of alkyl halides is 3. The number of amides is 2. The van der Waals surface area contributed by atoms with Gasteiger partial charge in [0.05, 0.1) is 12.1 Å². The lowest BCUT2D eigenvalue weighted by atomic mass is 9.94. The second kappa shape index (κ2) is 9.80. The van der Waals surface area contributed by atoms with Gasteiger partial charge in [-0.1, -0.05) is 25.1 Å². The van der Waals surface area contributed by atoms with Crippen molar-refractivity contribution in [2.24, 2.45) is 0 Å². The van der Waals surface area contributed by atoms with Crippen LogP contribution in [0.1, 0.15) is 43.2 Å². The summed E-state index contributed by atoms with van der Waals surface area (Å²) in [5, 5.41) is 3.05. The van der Waals surface area contributed by atoms with Crippen molar-refractivity contribution >= 4 is 24.2 Å². The van der Waals surface area contributed by atoms with E-state index >= 15 is 0 Å². The number of benzene rings is 1. The average Bonchev–Trinajstić information content (AvgIpc) is 2.68. The van der Waals surface area contributed by atoms with Crippen LogP contribution in [0, 0.1) is 0 Å². The lowest BCUT2D eigenvalue weighted by molar-refractivity contribution is -0.140. The van der Waals surface area contributed by atoms with Crippen molar-refractivity contribution in [1.82, 2.24) is 15.1 Å². The minimum atomic E-state index is -4.39. The first kappa shape index (κ1) is 23.5. The Morgan fingerprint density at radius 1 is 1.31 bits per heavy atom. The number of carbonyl (C=O) groups excluding carboxylic acids is 2. The number of carbonyl (C=O) groups is 2. The van der Waals surface area contributed by atoms with Crippen molar-refractivity contribution < 1.29 is 22.8 Å². The van der Waals surface area contributed by atoms with E-state index in [1.54, 1.807) is 17.9 Å². The highest BCUT2D eigenvalue weighted by atomic mass is 35.5. The van der Waals surface area contributed by atoms with Gasteiger partial charge in [0.15, 0.2) is 0 Å². The fraction of sp³-hybridized carbons (Fsp3) is 0.600. The molecule has 0 saturated carbocycles. The fourth-order valence-electron chi connectivity index (χ4n) is 3.97. The Balaban J connectivity index is 0.00000300. The van der Waals surface area contributed by atoms with Crippen molar-refractivity contribution in [1.29, 1.82) is 0 Å². The van der Waals surface area contributed by atoms with Crippen molar-refractivity contribution in [3.63, 3.8) is 0 Å². The molecular weight excluding hydrogens is 407 g/mol. The van der Waals surface area contributed by atoms with Crippen LogP contribution in [0.2, 0.25) is 0 Å². The standard InChI is InChI=1S/C20H26F3N3O2.ClH/c1-14(15-4-2-5-16(11-15)20(21,22)23)10-18(27)25-8-3-6-17(13-25)26-9-7-24-12-19(26)28;/h2,4-5,11,14,17,24H,3,6-10,12-13H2,1H3;1H. The molecule has 2 atom stereocenters. The lowest BCUT2D eigenvalue weighted by Gasteiger charge is -2.41. The Labute approximate surface area is 175 Å². The summed E-state index contributed by atoms with van der Waals surface area (Å²) in [6.07, 6.45) is -2.54. The van der Waals surface area contributed by atoms with Crippen LogP contribution in [0.15, 0.2) is 24.3 Å². The van der Waals surface area contributed by atoms with Gasteiger partial charge in [-0.3, -0.25) is 9.59 Å². The van der Waals surface area contributed by atoms with Gasteiger partial charge >= 0.3 is 6.18 Å². The molecular formula is C20H27ClF3N3O2. The number of nitrogens with one attached hydrogen (secondary N) is 1. The molecule has 162 valence electrons. The molecule has 1 aromatic carbocycles. The molecule has 0 bridgehead atoms. The zero-order valence-corrected chi connectivity index (χ0v) is 17.2. The predicted octanol–water partition coefficient (Wildman–Crippen LogP) is 3.04. The Bertz CT molecular complexity index is 729. The highest BCUT2D eigenvalue weighted by Gasteiger charge is 2.33. The third kappa shape index (κ3) is 5.85. The van der Waals surface area contributed by atoms with Crippen molar-refractivity contribution in [2.75, 3.05) is 32.7 Å². The monoisotopic (exact) mass is 433 g/mol. The molecule has 5 nitrogen and oxygen atoms in total. The average molecular weight is 434 g/mol. The third-order valence-corrected chi connectivity index (χ3v) is 5.58. The molecule has 2 unspecified atom stereocenters. The molecule has 1 N–H and O–H groups in total. The SMILES string of the molecule is CC(CC(=O)N1CCCC(N2CCNCC2=O)C1)c1cccc(C(F)(F)F)c1.Cl. The number of likely N-dealkylation sites (tertiary alicyclic amines) is 1. The van der Waals surface area contributed by atoms with Gasteiger partial charge in [0.1, 0.15) is 0 Å². The van der Waals surface area contributed by atoms with Gasteiger partial charge in [-0.25, -0.2) is 0 Å². The number of hydrogen-bond acceptors (Lipinski definition) is 3. The summed E-state index contributed by atoms with van der Waals surface area (Å²) in [6, 6.07) is 5.20. The summed E-state index contributed by atoms with van der Waals surface area (Å²) < 4.78 is 38.8. The van der Waals surface area contributed by atoms with E-state index in [2.05, 4.69) is 5.32 Å². The maximum atomic E-state index is 12.9. The largest absolute Gasteiger partial charge is 0.416 e. The first-order valence-electron chi connectivity index (χ1n) is 9.71. The molecule has 2 aliphatic rings. The molecule has 0 aromatic heterocycles. The van der Waals surface area contributed by atoms with Gasteiger partial charge in [-0.15, -0.1) is 12.4 Å². The highest BCUT2D eigenvalue weighted by molar-refractivity contribution is 5.85. The van der Waals surface area contributed by atoms with Gasteiger partial charge in [0.2, 0.25) is 11.8 Å². The van der Waals surface area contributed by atoms with Crippen molar-refractivity contribution in [3.8, 4) is 0 Å². The van der Waals surface area contributed by atoms with Crippen LogP contribution in [-0.4, -0.2) is 60.4 Å². The summed E-state index contributed by atoms with van der Waals surface area (Å²) in [4.78, 5) is 28.5. The second-order valence-electron chi connectivity index (χ2n) is 7.63. The summed E-state index contributed by atoms with van der Waals surface area (Å²) >= 11 is 0. The molecule has 29 heavy (non-hydrogen) atoms. The number of hydrogen-bond donors (Lipinski definition) is 1. The molecule has 2 aliphatic heterocycles. The molecule has 9 heteroatoms. The van der Waals surface area contributed by atoms with Crippen LogP contribution in [0.4, 0.5) is 13.2 Å². The van der Waals surface area contributed by atoms with E-state index in [4.69, 9.17) is 0 Å². The minimum Gasteiger partial charge on any atom is -0.341 e. The number of halogens is 4. The van der Waals surface area contributed by atoms with Crippen molar-refractivity contribution in [3.05, 3.63) is 35.4 Å². The predicted molar refractivity (Wildman–Crippen MR) is 106 cm³/mol. The third-order valence-electron chi connectivity index (χ3n) is 5.58. The maximum absolute atomic E-state index is 12.9. The molecule has 0 spiro atoms. The van der Waals surface area contributed by atoms with E-state index in [1.165, 1.54) is 6.07 Å². The van der Waals surface area contributed by atoms with Crippen LogP contribution in [0.5, 0.6) is 0 Å². The smallest absolute Gasteiger partial charge is 0.341 e. The molecule has 1 aromatic rings. The minimum absolute atomic E-state index is 0. The van der Waals surface area contributed by atoms with E-state index in [0.29, 0.717) is 31.7 Å². The Morgan fingerprint density at radius 3 is 2.76 bits per heavy atom.